The topological polar surface area (TPSA) is 114 Å². The summed E-state index contributed by atoms with van der Waals surface area (Å²) < 4.78 is 6.85. The maximum atomic E-state index is 9.95. The van der Waals surface area contributed by atoms with E-state index in [1.54, 1.807) is 0 Å². The van der Waals surface area contributed by atoms with Gasteiger partial charge in [0.05, 0.1) is 12.9 Å². The Kier molecular flexibility index (Phi) is 3.11. The molecule has 0 spiro atoms. The van der Waals surface area contributed by atoms with Crippen molar-refractivity contribution in [1.82, 2.24) is 19.5 Å². The predicted molar refractivity (Wildman–Crippen MR) is 63.3 cm³/mol. The first kappa shape index (κ1) is 12.7. The maximum absolute atomic E-state index is 9.95. The van der Waals surface area contributed by atoms with Crippen molar-refractivity contribution in [2.45, 2.75) is 24.5 Å². The molecule has 9 heteroatoms. The lowest BCUT2D eigenvalue weighted by Gasteiger charge is -2.16. The minimum Gasteiger partial charge on any atom is -0.394 e. The highest BCUT2D eigenvalue weighted by atomic mass is 35.5. The first-order chi connectivity index (χ1) is 9.13. The SMILES string of the molecule is OC[C@@H]1O[C@@H](n2cnc3c(Cl)ncnc32)[C@H](O)[C@@H]1O. The van der Waals surface area contributed by atoms with Crippen LogP contribution in [-0.2, 0) is 4.74 Å². The number of aromatic nitrogens is 4. The van der Waals surface area contributed by atoms with Gasteiger partial charge in [-0.25, -0.2) is 15.0 Å². The Labute approximate surface area is 112 Å². The van der Waals surface area contributed by atoms with Gasteiger partial charge in [-0.1, -0.05) is 11.6 Å². The average Bonchev–Trinajstić information content (AvgIpc) is 2.94. The van der Waals surface area contributed by atoms with Gasteiger partial charge in [-0.2, -0.15) is 0 Å². The molecule has 0 saturated carbocycles. The molecule has 0 unspecified atom stereocenters. The molecule has 0 aromatic carbocycles. The quantitative estimate of drug-likeness (QED) is 0.613. The number of imidazole rings is 1. The Bertz CT molecular complexity index is 606. The summed E-state index contributed by atoms with van der Waals surface area (Å²) in [6, 6.07) is 0. The molecule has 2 aromatic heterocycles. The minimum atomic E-state index is -1.19. The van der Waals surface area contributed by atoms with Gasteiger partial charge in [0.25, 0.3) is 0 Å². The summed E-state index contributed by atoms with van der Waals surface area (Å²) >= 11 is 5.88. The number of hydrogen-bond donors (Lipinski definition) is 3. The zero-order chi connectivity index (χ0) is 13.6. The Morgan fingerprint density at radius 3 is 2.74 bits per heavy atom. The van der Waals surface area contributed by atoms with Crippen molar-refractivity contribution in [2.75, 3.05) is 6.61 Å². The molecule has 1 aliphatic heterocycles. The molecule has 3 N–H and O–H groups in total. The Balaban J connectivity index is 2.04. The maximum Gasteiger partial charge on any atom is 0.167 e. The van der Waals surface area contributed by atoms with E-state index in [1.807, 2.05) is 0 Å². The van der Waals surface area contributed by atoms with Crippen molar-refractivity contribution in [1.29, 1.82) is 0 Å². The third kappa shape index (κ3) is 1.88. The first-order valence-corrected chi connectivity index (χ1v) is 5.96. The van der Waals surface area contributed by atoms with Gasteiger partial charge < -0.3 is 20.1 Å². The van der Waals surface area contributed by atoms with Crippen LogP contribution < -0.4 is 0 Å². The second-order valence-corrected chi connectivity index (χ2v) is 4.58. The monoisotopic (exact) mass is 286 g/mol. The van der Waals surface area contributed by atoms with Gasteiger partial charge in [0.1, 0.15) is 30.2 Å². The number of halogens is 1. The molecule has 3 heterocycles. The van der Waals surface area contributed by atoms with E-state index >= 15 is 0 Å². The minimum absolute atomic E-state index is 0.190. The van der Waals surface area contributed by atoms with Crippen LogP contribution in [0.4, 0.5) is 0 Å². The smallest absolute Gasteiger partial charge is 0.167 e. The van der Waals surface area contributed by atoms with Gasteiger partial charge in [0.2, 0.25) is 0 Å². The van der Waals surface area contributed by atoms with Crippen molar-refractivity contribution in [3.63, 3.8) is 0 Å². The second kappa shape index (κ2) is 4.66. The molecule has 1 fully saturated rings. The van der Waals surface area contributed by atoms with Crippen LogP contribution in [-0.4, -0.2) is 59.8 Å². The lowest BCUT2D eigenvalue weighted by atomic mass is 10.1. The zero-order valence-electron chi connectivity index (χ0n) is 9.59. The number of nitrogens with zero attached hydrogens (tertiary/aromatic N) is 4. The highest BCUT2D eigenvalue weighted by molar-refractivity contribution is 6.33. The van der Waals surface area contributed by atoms with Crippen molar-refractivity contribution >= 4 is 22.8 Å². The van der Waals surface area contributed by atoms with Gasteiger partial charge in [-0.15, -0.1) is 0 Å². The summed E-state index contributed by atoms with van der Waals surface area (Å²) in [6.07, 6.45) is -1.44. The second-order valence-electron chi connectivity index (χ2n) is 4.22. The summed E-state index contributed by atoms with van der Waals surface area (Å²) in [5, 5.41) is 28.9. The number of fused-ring (bicyclic) bond motifs is 1. The zero-order valence-corrected chi connectivity index (χ0v) is 10.3. The average molecular weight is 287 g/mol. The van der Waals surface area contributed by atoms with E-state index in [0.29, 0.717) is 11.2 Å². The summed E-state index contributed by atoms with van der Waals surface area (Å²) in [6.45, 7) is -0.392. The van der Waals surface area contributed by atoms with Crippen molar-refractivity contribution in [2.24, 2.45) is 0 Å². The van der Waals surface area contributed by atoms with E-state index in [2.05, 4.69) is 15.0 Å². The Hall–Kier alpha value is -1.32. The van der Waals surface area contributed by atoms with Crippen LogP contribution >= 0.6 is 11.6 Å². The molecule has 1 saturated heterocycles. The van der Waals surface area contributed by atoms with Gasteiger partial charge in [-0.05, 0) is 0 Å². The van der Waals surface area contributed by atoms with E-state index in [4.69, 9.17) is 21.4 Å². The fourth-order valence-corrected chi connectivity index (χ4v) is 2.30. The molecule has 8 nitrogen and oxygen atoms in total. The standard InChI is InChI=1S/C10H11ClN4O4/c11-8-5-9(13-2-12-8)15(3-14-5)10-7(18)6(17)4(1-16)19-10/h2-4,6-7,10,16-18H,1H2/t4-,6+,7+,10+/m0/s1. The fourth-order valence-electron chi connectivity index (χ4n) is 2.12. The summed E-state index contributed by atoms with van der Waals surface area (Å²) in [7, 11) is 0. The van der Waals surface area contributed by atoms with E-state index in [0.717, 1.165) is 0 Å². The van der Waals surface area contributed by atoms with Crippen molar-refractivity contribution < 1.29 is 20.1 Å². The normalized spacial score (nSPS) is 31.2. The Morgan fingerprint density at radius 1 is 1.26 bits per heavy atom. The van der Waals surface area contributed by atoms with Crippen LogP contribution in [0, 0.1) is 0 Å². The number of rotatable bonds is 2. The van der Waals surface area contributed by atoms with Crippen LogP contribution in [0.5, 0.6) is 0 Å². The highest BCUT2D eigenvalue weighted by Gasteiger charge is 2.43. The fraction of sp³-hybridized carbons (Fsp3) is 0.500. The number of aliphatic hydroxyl groups is 3. The van der Waals surface area contributed by atoms with E-state index < -0.39 is 31.1 Å². The first-order valence-electron chi connectivity index (χ1n) is 5.59. The molecule has 102 valence electrons. The number of hydrogen-bond acceptors (Lipinski definition) is 7. The van der Waals surface area contributed by atoms with Gasteiger partial charge >= 0.3 is 0 Å². The largest absolute Gasteiger partial charge is 0.394 e. The molecular weight excluding hydrogens is 276 g/mol. The molecular formula is C10H11ClN4O4. The summed E-state index contributed by atoms with van der Waals surface area (Å²) in [5.74, 6) is 0. The number of ether oxygens (including phenoxy) is 1. The molecule has 19 heavy (non-hydrogen) atoms. The van der Waals surface area contributed by atoms with Crippen LogP contribution in [0.25, 0.3) is 11.2 Å². The van der Waals surface area contributed by atoms with Gasteiger partial charge in [-0.3, -0.25) is 4.57 Å². The van der Waals surface area contributed by atoms with Crippen LogP contribution in [0.2, 0.25) is 5.15 Å². The highest BCUT2D eigenvalue weighted by Crippen LogP contribution is 2.31. The third-order valence-corrected chi connectivity index (χ3v) is 3.38. The summed E-state index contributed by atoms with van der Waals surface area (Å²) in [4.78, 5) is 11.9. The number of aliphatic hydroxyl groups excluding tert-OH is 3. The van der Waals surface area contributed by atoms with E-state index in [1.165, 1.54) is 17.2 Å². The summed E-state index contributed by atoms with van der Waals surface area (Å²) in [5.41, 5.74) is 0.761. The lowest BCUT2D eigenvalue weighted by Crippen LogP contribution is -2.33. The molecule has 0 bridgehead atoms. The molecule has 1 aliphatic rings. The van der Waals surface area contributed by atoms with Crippen molar-refractivity contribution in [3.05, 3.63) is 17.8 Å². The molecule has 2 aromatic rings. The van der Waals surface area contributed by atoms with Gasteiger partial charge in [0, 0.05) is 0 Å². The van der Waals surface area contributed by atoms with Gasteiger partial charge in [0.15, 0.2) is 17.0 Å². The van der Waals surface area contributed by atoms with Crippen LogP contribution in [0.15, 0.2) is 12.7 Å². The third-order valence-electron chi connectivity index (χ3n) is 3.11. The molecule has 4 atom stereocenters. The Morgan fingerprint density at radius 2 is 2.05 bits per heavy atom. The molecule has 3 rings (SSSR count). The van der Waals surface area contributed by atoms with E-state index in [9.17, 15) is 10.2 Å². The van der Waals surface area contributed by atoms with Crippen molar-refractivity contribution in [3.8, 4) is 0 Å². The predicted octanol–water partition coefficient (Wildman–Crippen LogP) is -0.909. The molecule has 0 radical (unpaired) electrons. The van der Waals surface area contributed by atoms with E-state index in [-0.39, 0.29) is 5.15 Å². The van der Waals surface area contributed by atoms with Crippen LogP contribution in [0.3, 0.4) is 0 Å². The molecule has 0 aliphatic carbocycles. The lowest BCUT2D eigenvalue weighted by molar-refractivity contribution is -0.0511. The molecule has 0 amide bonds. The van der Waals surface area contributed by atoms with Crippen LogP contribution in [0.1, 0.15) is 6.23 Å².